The first-order valence-electron chi connectivity index (χ1n) is 9.06. The topological polar surface area (TPSA) is 72.9 Å². The van der Waals surface area contributed by atoms with Crippen molar-refractivity contribution in [1.82, 2.24) is 19.3 Å². The number of hydrogen-bond acceptors (Lipinski definition) is 5. The number of hydrogen-bond donors (Lipinski definition) is 0. The van der Waals surface area contributed by atoms with Crippen molar-refractivity contribution in [2.45, 2.75) is 31.7 Å². The summed E-state index contributed by atoms with van der Waals surface area (Å²) in [7, 11) is 0. The van der Waals surface area contributed by atoms with Crippen molar-refractivity contribution in [2.75, 3.05) is 19.8 Å². The van der Waals surface area contributed by atoms with E-state index in [1.54, 1.807) is 6.20 Å². The van der Waals surface area contributed by atoms with Crippen LogP contribution in [0.5, 0.6) is 0 Å². The van der Waals surface area contributed by atoms with Gasteiger partial charge in [0.1, 0.15) is 17.1 Å². The maximum absolute atomic E-state index is 12.9. The number of imidazole rings is 1. The van der Waals surface area contributed by atoms with E-state index in [9.17, 15) is 4.79 Å². The molecule has 0 aliphatic carbocycles. The van der Waals surface area contributed by atoms with Gasteiger partial charge in [-0.2, -0.15) is 0 Å². The van der Waals surface area contributed by atoms with E-state index in [4.69, 9.17) is 14.1 Å². The molecule has 7 nitrogen and oxygen atoms in total. The van der Waals surface area contributed by atoms with Gasteiger partial charge in [-0.1, -0.05) is 0 Å². The van der Waals surface area contributed by atoms with E-state index in [-0.39, 0.29) is 5.91 Å². The number of carbonyl (C=O) groups excluding carboxylic acids is 1. The average Bonchev–Trinajstić information content (AvgIpc) is 3.33. The van der Waals surface area contributed by atoms with Gasteiger partial charge in [-0.25, -0.2) is 9.97 Å². The fraction of sp³-hybridized carbons (Fsp3) is 0.421. The van der Waals surface area contributed by atoms with Crippen molar-refractivity contribution in [3.05, 3.63) is 53.6 Å². The van der Waals surface area contributed by atoms with Gasteiger partial charge in [0.05, 0.1) is 12.1 Å². The fourth-order valence-corrected chi connectivity index (χ4v) is 3.74. The Balaban J connectivity index is 1.36. The second-order valence-electron chi connectivity index (χ2n) is 6.90. The Morgan fingerprint density at radius 2 is 2.12 bits per heavy atom. The van der Waals surface area contributed by atoms with Crippen LogP contribution in [0.3, 0.4) is 0 Å². The quantitative estimate of drug-likeness (QED) is 0.708. The van der Waals surface area contributed by atoms with Gasteiger partial charge in [0.15, 0.2) is 5.89 Å². The summed E-state index contributed by atoms with van der Waals surface area (Å²) in [5, 5.41) is 0. The van der Waals surface area contributed by atoms with E-state index in [0.717, 1.165) is 49.0 Å². The molecular weight excluding hydrogens is 332 g/mol. The maximum Gasteiger partial charge on any atom is 0.255 e. The van der Waals surface area contributed by atoms with Crippen LogP contribution >= 0.6 is 0 Å². The molecule has 7 heteroatoms. The highest BCUT2D eigenvalue weighted by molar-refractivity contribution is 5.94. The number of rotatable bonds is 2. The van der Waals surface area contributed by atoms with E-state index in [2.05, 4.69) is 4.98 Å². The number of aromatic nitrogens is 3. The lowest BCUT2D eigenvalue weighted by molar-refractivity contribution is 0.0725. The Morgan fingerprint density at radius 1 is 1.23 bits per heavy atom. The third-order valence-corrected chi connectivity index (χ3v) is 5.24. The van der Waals surface area contributed by atoms with Crippen LogP contribution in [0.1, 0.15) is 46.5 Å². The van der Waals surface area contributed by atoms with Crippen LogP contribution in [0.2, 0.25) is 0 Å². The van der Waals surface area contributed by atoms with Crippen LogP contribution < -0.4 is 0 Å². The smallest absolute Gasteiger partial charge is 0.255 e. The van der Waals surface area contributed by atoms with Crippen molar-refractivity contribution in [1.29, 1.82) is 0 Å². The zero-order valence-electron chi connectivity index (χ0n) is 14.4. The molecule has 0 radical (unpaired) electrons. The summed E-state index contributed by atoms with van der Waals surface area (Å²) in [5.41, 5.74) is 2.39. The summed E-state index contributed by atoms with van der Waals surface area (Å²) >= 11 is 0. The molecule has 2 aliphatic heterocycles. The van der Waals surface area contributed by atoms with Gasteiger partial charge in [-0.05, 0) is 25.0 Å². The second kappa shape index (κ2) is 6.25. The molecule has 3 aromatic rings. The zero-order valence-corrected chi connectivity index (χ0v) is 14.4. The molecule has 0 unspecified atom stereocenters. The third-order valence-electron chi connectivity index (χ3n) is 5.24. The van der Waals surface area contributed by atoms with E-state index >= 15 is 0 Å². The predicted octanol–water partition coefficient (Wildman–Crippen LogP) is 2.41. The zero-order chi connectivity index (χ0) is 17.5. The number of carbonyl (C=O) groups is 1. The molecule has 2 aliphatic rings. The van der Waals surface area contributed by atoms with Crippen molar-refractivity contribution >= 4 is 11.6 Å². The molecule has 1 amide bonds. The number of oxazole rings is 1. The molecule has 1 saturated heterocycles. The summed E-state index contributed by atoms with van der Waals surface area (Å²) in [5.74, 6) is 2.09. The number of amides is 1. The highest BCUT2D eigenvalue weighted by Crippen LogP contribution is 2.30. The SMILES string of the molecule is O=C(c1ccc2nccn2c1)N1CCc2oc(C3CCOCC3)nc2C1. The standard InChI is InChI=1S/C19H20N4O3/c24-19(14-1-2-17-20-6-8-22(17)11-14)23-7-3-16-15(12-23)21-18(26-16)13-4-9-25-10-5-13/h1-2,6,8,11,13H,3-5,7,9-10,12H2. The lowest BCUT2D eigenvalue weighted by atomic mass is 10.0. The molecule has 0 spiro atoms. The van der Waals surface area contributed by atoms with E-state index in [0.29, 0.717) is 31.0 Å². The molecule has 5 heterocycles. The van der Waals surface area contributed by atoms with Gasteiger partial charge in [0.2, 0.25) is 0 Å². The average molecular weight is 352 g/mol. The van der Waals surface area contributed by atoms with Gasteiger partial charge in [-0.3, -0.25) is 4.79 Å². The first kappa shape index (κ1) is 15.6. The third kappa shape index (κ3) is 2.68. The fourth-order valence-electron chi connectivity index (χ4n) is 3.74. The van der Waals surface area contributed by atoms with Crippen molar-refractivity contribution in [3.63, 3.8) is 0 Å². The summed E-state index contributed by atoms with van der Waals surface area (Å²) in [4.78, 5) is 23.7. The lowest BCUT2D eigenvalue weighted by Crippen LogP contribution is -2.35. The molecular formula is C19H20N4O3. The van der Waals surface area contributed by atoms with Crippen LogP contribution in [0.25, 0.3) is 5.65 Å². The Kier molecular flexibility index (Phi) is 3.74. The lowest BCUT2D eigenvalue weighted by Gasteiger charge is -2.25. The normalized spacial score (nSPS) is 18.2. The number of pyridine rings is 1. The van der Waals surface area contributed by atoms with Crippen LogP contribution in [0.15, 0.2) is 35.1 Å². The summed E-state index contributed by atoms with van der Waals surface area (Å²) in [6.45, 7) is 2.68. The molecule has 0 bridgehead atoms. The minimum atomic E-state index is 0.0156. The highest BCUT2D eigenvalue weighted by atomic mass is 16.5. The summed E-state index contributed by atoms with van der Waals surface area (Å²) in [6, 6.07) is 3.69. The molecule has 134 valence electrons. The molecule has 0 N–H and O–H groups in total. The monoisotopic (exact) mass is 352 g/mol. The second-order valence-corrected chi connectivity index (χ2v) is 6.90. The number of fused-ring (bicyclic) bond motifs is 2. The molecule has 26 heavy (non-hydrogen) atoms. The molecule has 5 rings (SSSR count). The van der Waals surface area contributed by atoms with Gasteiger partial charge >= 0.3 is 0 Å². The molecule has 0 atom stereocenters. The van der Waals surface area contributed by atoms with Crippen LogP contribution in [-0.2, 0) is 17.7 Å². The van der Waals surface area contributed by atoms with Crippen LogP contribution in [0, 0.1) is 0 Å². The van der Waals surface area contributed by atoms with Crippen molar-refractivity contribution in [2.24, 2.45) is 0 Å². The Morgan fingerprint density at radius 3 is 3.00 bits per heavy atom. The van der Waals surface area contributed by atoms with Crippen molar-refractivity contribution in [3.8, 4) is 0 Å². The minimum absolute atomic E-state index is 0.0156. The molecule has 1 fully saturated rings. The molecule has 0 aromatic carbocycles. The van der Waals surface area contributed by atoms with Gasteiger partial charge in [0.25, 0.3) is 5.91 Å². The molecule has 0 saturated carbocycles. The Labute approximate surface area is 150 Å². The first-order chi connectivity index (χ1) is 12.8. The van der Waals surface area contributed by atoms with Crippen LogP contribution in [0.4, 0.5) is 0 Å². The summed E-state index contributed by atoms with van der Waals surface area (Å²) in [6.07, 6.45) is 8.02. The Bertz CT molecular complexity index is 955. The van der Waals surface area contributed by atoms with Crippen molar-refractivity contribution < 1.29 is 13.9 Å². The van der Waals surface area contributed by atoms with E-state index in [1.807, 2.05) is 33.8 Å². The molecule has 3 aromatic heterocycles. The van der Waals surface area contributed by atoms with E-state index in [1.165, 1.54) is 0 Å². The number of ether oxygens (including phenoxy) is 1. The maximum atomic E-state index is 12.9. The predicted molar refractivity (Wildman–Crippen MR) is 92.9 cm³/mol. The highest BCUT2D eigenvalue weighted by Gasteiger charge is 2.29. The first-order valence-corrected chi connectivity index (χ1v) is 9.06. The van der Waals surface area contributed by atoms with Crippen LogP contribution in [-0.4, -0.2) is 44.9 Å². The van der Waals surface area contributed by atoms with E-state index < -0.39 is 0 Å². The van der Waals surface area contributed by atoms with Gasteiger partial charge < -0.3 is 18.5 Å². The van der Waals surface area contributed by atoms with Gasteiger partial charge in [0, 0.05) is 50.7 Å². The largest absolute Gasteiger partial charge is 0.445 e. The number of nitrogens with zero attached hydrogens (tertiary/aromatic N) is 4. The minimum Gasteiger partial charge on any atom is -0.445 e. The van der Waals surface area contributed by atoms with Gasteiger partial charge in [-0.15, -0.1) is 0 Å². The Hall–Kier alpha value is -2.67. The summed E-state index contributed by atoms with van der Waals surface area (Å²) < 4.78 is 13.3.